The maximum atomic E-state index is 13.4. The van der Waals surface area contributed by atoms with Crippen LogP contribution in [0, 0.1) is 6.92 Å². The van der Waals surface area contributed by atoms with E-state index in [1.807, 2.05) is 42.2 Å². The molecule has 4 aromatic rings. The molecule has 2 aromatic heterocycles. The highest BCUT2D eigenvalue weighted by molar-refractivity contribution is 7.17. The highest BCUT2D eigenvalue weighted by Gasteiger charge is 2.30. The Balaban J connectivity index is 1.25. The number of aryl methyl sites for hydroxylation is 1. The van der Waals surface area contributed by atoms with E-state index in [1.165, 1.54) is 43.7 Å². The summed E-state index contributed by atoms with van der Waals surface area (Å²) >= 11 is 1.50. The van der Waals surface area contributed by atoms with E-state index in [1.54, 1.807) is 0 Å². The Kier molecular flexibility index (Phi) is 5.43. The average molecular weight is 460 g/mol. The smallest absolute Gasteiger partial charge is 0.265 e. The fourth-order valence-corrected chi connectivity index (χ4v) is 6.54. The highest BCUT2D eigenvalue weighted by Crippen LogP contribution is 2.38. The second-order valence-electron chi connectivity index (χ2n) is 9.33. The number of furan rings is 1. The fraction of sp³-hybridized carbons (Fsp3) is 0.407. The van der Waals surface area contributed by atoms with E-state index in [0.29, 0.717) is 6.04 Å². The number of thiazole rings is 1. The van der Waals surface area contributed by atoms with Crippen LogP contribution in [0.2, 0.25) is 0 Å². The molecule has 2 fully saturated rings. The van der Waals surface area contributed by atoms with Crippen LogP contribution in [0.3, 0.4) is 0 Å². The zero-order valence-electron chi connectivity index (χ0n) is 19.0. The molecule has 33 heavy (non-hydrogen) atoms. The quantitative estimate of drug-likeness (QED) is 0.371. The minimum atomic E-state index is 0.130. The van der Waals surface area contributed by atoms with Crippen LogP contribution in [0.25, 0.3) is 32.5 Å². The van der Waals surface area contributed by atoms with Crippen LogP contribution >= 0.6 is 11.3 Å². The minimum absolute atomic E-state index is 0.130. The number of fused-ring (bicyclic) bond motifs is 3. The maximum Gasteiger partial charge on any atom is 0.265 e. The normalized spacial score (nSPS) is 18.4. The van der Waals surface area contributed by atoms with Crippen molar-refractivity contribution < 1.29 is 9.21 Å². The molecule has 0 bridgehead atoms. The van der Waals surface area contributed by atoms with Gasteiger partial charge in [-0.3, -0.25) is 4.79 Å². The van der Waals surface area contributed by atoms with E-state index in [0.717, 1.165) is 69.0 Å². The molecule has 1 amide bonds. The number of carbonyl (C=O) groups is 1. The molecule has 6 heteroatoms. The number of hydrogen-bond acceptors (Lipinski definition) is 5. The monoisotopic (exact) mass is 459 g/mol. The molecular formula is C27H29N3O2S. The van der Waals surface area contributed by atoms with Gasteiger partial charge in [0.05, 0.1) is 11.3 Å². The van der Waals surface area contributed by atoms with Gasteiger partial charge in [0.15, 0.2) is 0 Å². The first-order valence-corrected chi connectivity index (χ1v) is 12.9. The Morgan fingerprint density at radius 3 is 2.55 bits per heavy atom. The Morgan fingerprint density at radius 2 is 1.73 bits per heavy atom. The van der Waals surface area contributed by atoms with E-state index in [9.17, 15) is 4.79 Å². The maximum absolute atomic E-state index is 13.4. The second-order valence-corrected chi connectivity index (χ2v) is 10.3. The SMILES string of the molecule is Cc1nc(-c2cccc3c2oc2ccccc23)sc1C(=O)N1CCC(N2CCCCC2)CC1. The van der Waals surface area contributed by atoms with Crippen molar-refractivity contribution in [1.82, 2.24) is 14.8 Å². The van der Waals surface area contributed by atoms with Crippen LogP contribution in [-0.2, 0) is 0 Å². The van der Waals surface area contributed by atoms with Gasteiger partial charge in [0.1, 0.15) is 21.1 Å². The molecule has 0 unspecified atom stereocenters. The van der Waals surface area contributed by atoms with Gasteiger partial charge < -0.3 is 14.2 Å². The lowest BCUT2D eigenvalue weighted by Crippen LogP contribution is -2.48. The number of nitrogens with zero attached hydrogens (tertiary/aromatic N) is 3. The van der Waals surface area contributed by atoms with Crippen molar-refractivity contribution in [3.05, 3.63) is 53.0 Å². The van der Waals surface area contributed by atoms with E-state index < -0.39 is 0 Å². The molecule has 6 rings (SSSR count). The van der Waals surface area contributed by atoms with E-state index in [-0.39, 0.29) is 5.91 Å². The molecule has 170 valence electrons. The molecule has 5 nitrogen and oxygen atoms in total. The predicted molar refractivity (Wildman–Crippen MR) is 134 cm³/mol. The third-order valence-corrected chi connectivity index (χ3v) is 8.46. The molecule has 2 aliphatic heterocycles. The first kappa shape index (κ1) is 20.9. The third kappa shape index (κ3) is 3.75. The van der Waals surface area contributed by atoms with Crippen molar-refractivity contribution in [3.63, 3.8) is 0 Å². The summed E-state index contributed by atoms with van der Waals surface area (Å²) in [5.74, 6) is 0.130. The standard InChI is InChI=1S/C27H29N3O2S/c1-18-25(27(31)30-16-12-19(13-17-30)29-14-5-2-6-15-29)33-26(28-18)22-10-7-9-21-20-8-3-4-11-23(20)32-24(21)22/h3-4,7-11,19H,2,5-6,12-17H2,1H3. The summed E-state index contributed by atoms with van der Waals surface area (Å²) in [4.78, 5) is 23.7. The number of amides is 1. The summed E-state index contributed by atoms with van der Waals surface area (Å²) in [5, 5.41) is 3.04. The summed E-state index contributed by atoms with van der Waals surface area (Å²) in [7, 11) is 0. The van der Waals surface area contributed by atoms with Crippen LogP contribution in [0.1, 0.15) is 47.5 Å². The molecule has 2 saturated heterocycles. The summed E-state index contributed by atoms with van der Waals surface area (Å²) < 4.78 is 6.20. The second kappa shape index (κ2) is 8.58. The van der Waals surface area contributed by atoms with Crippen LogP contribution in [0.5, 0.6) is 0 Å². The van der Waals surface area contributed by atoms with Gasteiger partial charge in [-0.2, -0.15) is 0 Å². The molecule has 0 atom stereocenters. The number of piperidine rings is 2. The third-order valence-electron chi connectivity index (χ3n) is 7.28. The average Bonchev–Trinajstić information content (AvgIpc) is 3.44. The van der Waals surface area contributed by atoms with Crippen molar-refractivity contribution in [1.29, 1.82) is 0 Å². The first-order chi connectivity index (χ1) is 16.2. The van der Waals surface area contributed by atoms with Gasteiger partial charge in [-0.25, -0.2) is 4.98 Å². The fourth-order valence-electron chi connectivity index (χ4n) is 5.49. The van der Waals surface area contributed by atoms with Crippen LogP contribution in [0.15, 0.2) is 46.9 Å². The Hall–Kier alpha value is -2.70. The van der Waals surface area contributed by atoms with Crippen LogP contribution in [0.4, 0.5) is 0 Å². The van der Waals surface area contributed by atoms with E-state index in [4.69, 9.17) is 9.40 Å². The van der Waals surface area contributed by atoms with Gasteiger partial charge in [-0.1, -0.05) is 36.8 Å². The number of hydrogen-bond donors (Lipinski definition) is 0. The van der Waals surface area contributed by atoms with Crippen LogP contribution in [-0.4, -0.2) is 52.9 Å². The topological polar surface area (TPSA) is 49.6 Å². The molecule has 0 N–H and O–H groups in total. The molecular weight excluding hydrogens is 430 g/mol. The highest BCUT2D eigenvalue weighted by atomic mass is 32.1. The lowest BCUT2D eigenvalue weighted by atomic mass is 10.00. The van der Waals surface area contributed by atoms with Crippen molar-refractivity contribution in [2.75, 3.05) is 26.2 Å². The molecule has 0 aliphatic carbocycles. The van der Waals surface area contributed by atoms with Crippen molar-refractivity contribution >= 4 is 39.2 Å². The zero-order valence-corrected chi connectivity index (χ0v) is 19.9. The summed E-state index contributed by atoms with van der Waals surface area (Å²) in [6, 6.07) is 14.9. The first-order valence-electron chi connectivity index (χ1n) is 12.1. The molecule has 2 aromatic carbocycles. The molecule has 4 heterocycles. The van der Waals surface area contributed by atoms with Crippen molar-refractivity contribution in [2.24, 2.45) is 0 Å². The number of aromatic nitrogens is 1. The number of carbonyl (C=O) groups excluding carboxylic acids is 1. The molecule has 0 radical (unpaired) electrons. The molecule has 2 aliphatic rings. The summed E-state index contributed by atoms with van der Waals surface area (Å²) in [6.07, 6.45) is 6.16. The van der Waals surface area contributed by atoms with E-state index in [2.05, 4.69) is 17.0 Å². The lowest BCUT2D eigenvalue weighted by Gasteiger charge is -2.40. The number of benzene rings is 2. The Bertz CT molecular complexity index is 1310. The van der Waals surface area contributed by atoms with E-state index >= 15 is 0 Å². The van der Waals surface area contributed by atoms with Gasteiger partial charge in [-0.15, -0.1) is 11.3 Å². The van der Waals surface area contributed by atoms with Gasteiger partial charge in [0.25, 0.3) is 5.91 Å². The predicted octanol–water partition coefficient (Wildman–Crippen LogP) is 6.11. The number of likely N-dealkylation sites (tertiary alicyclic amines) is 2. The number of rotatable bonds is 3. The van der Waals surface area contributed by atoms with Gasteiger partial charge in [0, 0.05) is 29.9 Å². The van der Waals surface area contributed by atoms with Gasteiger partial charge >= 0.3 is 0 Å². The van der Waals surface area contributed by atoms with Crippen molar-refractivity contribution in [3.8, 4) is 10.6 Å². The van der Waals surface area contributed by atoms with Crippen LogP contribution < -0.4 is 0 Å². The zero-order chi connectivity index (χ0) is 22.4. The summed E-state index contributed by atoms with van der Waals surface area (Å²) in [6.45, 7) is 6.08. The minimum Gasteiger partial charge on any atom is -0.455 e. The number of para-hydroxylation sites is 2. The van der Waals surface area contributed by atoms with Crippen molar-refractivity contribution in [2.45, 2.75) is 45.1 Å². The van der Waals surface area contributed by atoms with Gasteiger partial charge in [-0.05, 0) is 57.8 Å². The summed E-state index contributed by atoms with van der Waals surface area (Å²) in [5.41, 5.74) is 3.49. The Morgan fingerprint density at radius 1 is 0.970 bits per heavy atom. The molecule has 0 saturated carbocycles. The Labute approximate surface area is 198 Å². The lowest BCUT2D eigenvalue weighted by molar-refractivity contribution is 0.0593. The largest absolute Gasteiger partial charge is 0.455 e. The molecule has 0 spiro atoms. The van der Waals surface area contributed by atoms with Gasteiger partial charge in [0.2, 0.25) is 0 Å².